The van der Waals surface area contributed by atoms with Crippen LogP contribution in [0, 0.1) is 0 Å². The lowest BCUT2D eigenvalue weighted by Crippen LogP contribution is -2.08. The van der Waals surface area contributed by atoms with E-state index in [1.165, 1.54) is 27.1 Å². The number of aliphatic hydroxyl groups excluding tert-OH is 2. The first-order valence-corrected chi connectivity index (χ1v) is 16.3. The third kappa shape index (κ3) is 5.31. The summed E-state index contributed by atoms with van der Waals surface area (Å²) < 4.78 is 12.4. The average molecular weight is 627 g/mol. The molecule has 0 fully saturated rings. The maximum absolute atomic E-state index is 9.80. The summed E-state index contributed by atoms with van der Waals surface area (Å²) in [4.78, 5) is 0. The summed E-state index contributed by atoms with van der Waals surface area (Å²) in [7, 11) is 0. The van der Waals surface area contributed by atoms with E-state index in [9.17, 15) is 10.2 Å². The molecule has 0 radical (unpaired) electrons. The second-order valence-corrected chi connectivity index (χ2v) is 12.0. The van der Waals surface area contributed by atoms with Crippen LogP contribution in [0.15, 0.2) is 146 Å². The molecule has 8 aromatic carbocycles. The van der Waals surface area contributed by atoms with Crippen LogP contribution in [0.3, 0.4) is 0 Å². The summed E-state index contributed by atoms with van der Waals surface area (Å²) in [6.45, 7) is -0.0413. The van der Waals surface area contributed by atoms with Gasteiger partial charge < -0.3 is 19.7 Å². The van der Waals surface area contributed by atoms with Crippen LogP contribution in [0.5, 0.6) is 11.5 Å². The van der Waals surface area contributed by atoms with Gasteiger partial charge in [-0.1, -0.05) is 127 Å². The van der Waals surface area contributed by atoms with E-state index in [2.05, 4.69) is 140 Å². The molecule has 48 heavy (non-hydrogen) atoms. The molecule has 0 atom stereocenters. The number of benzene rings is 8. The standard InChI is InChI=1S/C44H34O4/c45-22-24-47-42-28-34-27-33(38-16-6-11-30-9-2-4-14-36(30)38)19-21-40(34)43(44(42)48-25-23-46)41-17-7-12-31-26-32(18-20-39(31)41)37-15-5-10-29-8-1-3-13-35(29)37/h1-21,26-28,45-46H,22-25H2. The first kappa shape index (κ1) is 29.7. The summed E-state index contributed by atoms with van der Waals surface area (Å²) in [6, 6.07) is 51.2. The monoisotopic (exact) mass is 626 g/mol. The first-order chi connectivity index (χ1) is 23.7. The Bertz CT molecular complexity index is 2430. The van der Waals surface area contributed by atoms with E-state index < -0.39 is 0 Å². The normalized spacial score (nSPS) is 11.5. The minimum Gasteiger partial charge on any atom is -0.487 e. The Morgan fingerprint density at radius 1 is 0.396 bits per heavy atom. The van der Waals surface area contributed by atoms with Gasteiger partial charge in [-0.15, -0.1) is 0 Å². The zero-order valence-corrected chi connectivity index (χ0v) is 26.4. The molecule has 0 saturated carbocycles. The van der Waals surface area contributed by atoms with Crippen molar-refractivity contribution < 1.29 is 19.7 Å². The molecule has 0 aliphatic heterocycles. The van der Waals surface area contributed by atoms with Gasteiger partial charge in [0.2, 0.25) is 0 Å². The van der Waals surface area contributed by atoms with Gasteiger partial charge in [-0.2, -0.15) is 0 Å². The van der Waals surface area contributed by atoms with Gasteiger partial charge in [-0.05, 0) is 89.1 Å². The molecular formula is C44H34O4. The molecule has 0 aliphatic rings. The van der Waals surface area contributed by atoms with Gasteiger partial charge in [-0.25, -0.2) is 0 Å². The number of aliphatic hydroxyl groups is 2. The maximum Gasteiger partial charge on any atom is 0.169 e. The van der Waals surface area contributed by atoms with Crippen molar-refractivity contribution in [3.05, 3.63) is 146 Å². The summed E-state index contributed by atoms with van der Waals surface area (Å²) in [6.07, 6.45) is 0. The quantitative estimate of drug-likeness (QED) is 0.167. The van der Waals surface area contributed by atoms with Crippen LogP contribution in [-0.2, 0) is 0 Å². The number of rotatable bonds is 9. The van der Waals surface area contributed by atoms with Crippen molar-refractivity contribution in [2.75, 3.05) is 26.4 Å². The van der Waals surface area contributed by atoms with E-state index in [-0.39, 0.29) is 26.4 Å². The minimum atomic E-state index is -0.138. The molecule has 4 heteroatoms. The van der Waals surface area contributed by atoms with Gasteiger partial charge in [0.25, 0.3) is 0 Å². The van der Waals surface area contributed by atoms with Crippen LogP contribution < -0.4 is 9.47 Å². The highest BCUT2D eigenvalue weighted by molar-refractivity contribution is 6.11. The van der Waals surface area contributed by atoms with Gasteiger partial charge in [-0.3, -0.25) is 0 Å². The van der Waals surface area contributed by atoms with E-state index in [1.807, 2.05) is 6.07 Å². The van der Waals surface area contributed by atoms with Crippen molar-refractivity contribution >= 4 is 43.1 Å². The van der Waals surface area contributed by atoms with Crippen LogP contribution in [0.2, 0.25) is 0 Å². The Morgan fingerprint density at radius 2 is 0.896 bits per heavy atom. The van der Waals surface area contributed by atoms with Crippen molar-refractivity contribution in [3.63, 3.8) is 0 Å². The molecule has 0 heterocycles. The fraction of sp³-hybridized carbons (Fsp3) is 0.0909. The van der Waals surface area contributed by atoms with Crippen molar-refractivity contribution in [1.82, 2.24) is 0 Å². The van der Waals surface area contributed by atoms with Crippen LogP contribution in [0.1, 0.15) is 0 Å². The SMILES string of the molecule is OCCOc1cc2cc(-c3cccc4ccccc34)ccc2c(-c2cccc3cc(-c4cccc5ccccc45)ccc23)c1OCCO. The zero-order valence-electron chi connectivity index (χ0n) is 26.4. The van der Waals surface area contributed by atoms with Crippen molar-refractivity contribution in [3.8, 4) is 44.9 Å². The highest BCUT2D eigenvalue weighted by atomic mass is 16.5. The second-order valence-electron chi connectivity index (χ2n) is 12.0. The van der Waals surface area contributed by atoms with Gasteiger partial charge in [0.15, 0.2) is 11.5 Å². The third-order valence-electron chi connectivity index (χ3n) is 9.10. The molecule has 8 rings (SSSR count). The lowest BCUT2D eigenvalue weighted by atomic mass is 9.89. The number of hydrogen-bond acceptors (Lipinski definition) is 4. The predicted octanol–water partition coefficient (Wildman–Crippen LogP) is 10.0. The summed E-state index contributed by atoms with van der Waals surface area (Å²) in [5.74, 6) is 1.08. The van der Waals surface area contributed by atoms with Crippen LogP contribution in [0.4, 0.5) is 0 Å². The second kappa shape index (κ2) is 12.8. The molecule has 0 unspecified atom stereocenters. The average Bonchev–Trinajstić information content (AvgIpc) is 3.14. The molecule has 2 N–H and O–H groups in total. The van der Waals surface area contributed by atoms with E-state index in [0.717, 1.165) is 49.4 Å². The summed E-state index contributed by atoms with van der Waals surface area (Å²) >= 11 is 0. The van der Waals surface area contributed by atoms with Crippen LogP contribution in [-0.4, -0.2) is 36.6 Å². The fourth-order valence-electron chi connectivity index (χ4n) is 6.97. The number of fused-ring (bicyclic) bond motifs is 4. The summed E-state index contributed by atoms with van der Waals surface area (Å²) in [5, 5.41) is 28.5. The van der Waals surface area contributed by atoms with Crippen LogP contribution >= 0.6 is 0 Å². The van der Waals surface area contributed by atoms with Gasteiger partial charge in [0.1, 0.15) is 13.2 Å². The molecule has 0 saturated heterocycles. The maximum atomic E-state index is 9.80. The lowest BCUT2D eigenvalue weighted by molar-refractivity contribution is 0.179. The topological polar surface area (TPSA) is 58.9 Å². The Balaban J connectivity index is 1.35. The molecule has 0 aromatic heterocycles. The molecule has 0 spiro atoms. The predicted molar refractivity (Wildman–Crippen MR) is 198 cm³/mol. The van der Waals surface area contributed by atoms with E-state index in [1.54, 1.807) is 0 Å². The Morgan fingerprint density at radius 3 is 1.54 bits per heavy atom. The third-order valence-corrected chi connectivity index (χ3v) is 9.10. The number of ether oxygens (including phenoxy) is 2. The van der Waals surface area contributed by atoms with E-state index >= 15 is 0 Å². The Labute approximate surface area is 279 Å². The molecule has 4 nitrogen and oxygen atoms in total. The molecular weight excluding hydrogens is 592 g/mol. The summed E-state index contributed by atoms with van der Waals surface area (Å²) in [5.41, 5.74) is 6.49. The molecule has 0 amide bonds. The fourth-order valence-corrected chi connectivity index (χ4v) is 6.97. The van der Waals surface area contributed by atoms with Gasteiger partial charge >= 0.3 is 0 Å². The smallest absolute Gasteiger partial charge is 0.169 e. The Hall–Kier alpha value is -5.68. The largest absolute Gasteiger partial charge is 0.487 e. The molecule has 234 valence electrons. The van der Waals surface area contributed by atoms with Crippen molar-refractivity contribution in [2.45, 2.75) is 0 Å². The van der Waals surface area contributed by atoms with E-state index in [4.69, 9.17) is 9.47 Å². The zero-order chi connectivity index (χ0) is 32.5. The molecule has 0 aliphatic carbocycles. The van der Waals surface area contributed by atoms with Crippen LogP contribution in [0.25, 0.3) is 76.5 Å². The van der Waals surface area contributed by atoms with Crippen molar-refractivity contribution in [2.24, 2.45) is 0 Å². The van der Waals surface area contributed by atoms with E-state index in [0.29, 0.717) is 11.5 Å². The van der Waals surface area contributed by atoms with Gasteiger partial charge in [0, 0.05) is 5.56 Å². The first-order valence-electron chi connectivity index (χ1n) is 16.3. The molecule has 0 bridgehead atoms. The highest BCUT2D eigenvalue weighted by Crippen LogP contribution is 2.47. The van der Waals surface area contributed by atoms with Crippen molar-refractivity contribution in [1.29, 1.82) is 0 Å². The number of hydrogen-bond donors (Lipinski definition) is 2. The minimum absolute atomic E-state index is 0.109. The van der Waals surface area contributed by atoms with Gasteiger partial charge in [0.05, 0.1) is 13.2 Å². The molecule has 8 aromatic rings. The lowest BCUT2D eigenvalue weighted by Gasteiger charge is -2.21. The highest BCUT2D eigenvalue weighted by Gasteiger charge is 2.21. The Kier molecular flexibility index (Phi) is 7.95.